The Morgan fingerprint density at radius 1 is 0.810 bits per heavy atom. The summed E-state index contributed by atoms with van der Waals surface area (Å²) >= 11 is 0. The van der Waals surface area contributed by atoms with Crippen LogP contribution in [0, 0.1) is 5.41 Å². The first-order valence-corrected chi connectivity index (χ1v) is 8.67. The maximum atomic E-state index is 11.1. The summed E-state index contributed by atoms with van der Waals surface area (Å²) in [6, 6.07) is 8.72. The largest absolute Gasteiger partial charge is 0.385 e. The zero-order valence-corrected chi connectivity index (χ0v) is 13.9. The van der Waals surface area contributed by atoms with Gasteiger partial charge in [0.1, 0.15) is 0 Å². The molecule has 2 saturated carbocycles. The van der Waals surface area contributed by atoms with Crippen LogP contribution in [0.15, 0.2) is 24.3 Å². The maximum Gasteiger partial charge on any atom is 0.0897 e. The summed E-state index contributed by atoms with van der Waals surface area (Å²) in [5, 5.41) is 11.1. The van der Waals surface area contributed by atoms with E-state index in [-0.39, 0.29) is 5.41 Å². The monoisotopic (exact) mass is 286 g/mol. The van der Waals surface area contributed by atoms with Gasteiger partial charge in [0.25, 0.3) is 0 Å². The molecule has 2 fully saturated rings. The molecule has 0 amide bonds. The first-order chi connectivity index (χ1) is 9.83. The van der Waals surface area contributed by atoms with Gasteiger partial charge in [0.2, 0.25) is 0 Å². The summed E-state index contributed by atoms with van der Waals surface area (Å²) in [5.41, 5.74) is 2.66. The van der Waals surface area contributed by atoms with Gasteiger partial charge in [-0.05, 0) is 60.5 Å². The maximum absolute atomic E-state index is 11.1. The fourth-order valence-electron chi connectivity index (χ4n) is 4.39. The predicted molar refractivity (Wildman–Crippen MR) is 88.4 cm³/mol. The van der Waals surface area contributed by atoms with Gasteiger partial charge in [0.15, 0.2) is 0 Å². The lowest BCUT2D eigenvalue weighted by Crippen LogP contribution is -2.36. The summed E-state index contributed by atoms with van der Waals surface area (Å²) in [6.07, 6.45) is 9.91. The van der Waals surface area contributed by atoms with Gasteiger partial charge in [0, 0.05) is 0 Å². The van der Waals surface area contributed by atoms with Gasteiger partial charge in [-0.25, -0.2) is 0 Å². The van der Waals surface area contributed by atoms with E-state index in [1.807, 2.05) is 0 Å². The van der Waals surface area contributed by atoms with Crippen LogP contribution in [0.25, 0.3) is 0 Å². The standard InChI is InChI=1S/C20H30O/c1-18(2,3)16-6-8-17(9-7-16)20(21)14-12-19(13-15-20)10-4-5-11-19/h6-9,21H,4-5,10-15H2,1-3H3. The van der Waals surface area contributed by atoms with Crippen molar-refractivity contribution in [3.8, 4) is 0 Å². The molecule has 21 heavy (non-hydrogen) atoms. The fourth-order valence-corrected chi connectivity index (χ4v) is 4.39. The number of aliphatic hydroxyl groups is 1. The van der Waals surface area contributed by atoms with Crippen molar-refractivity contribution in [3.63, 3.8) is 0 Å². The first kappa shape index (κ1) is 15.1. The summed E-state index contributed by atoms with van der Waals surface area (Å²) in [4.78, 5) is 0. The Hall–Kier alpha value is -0.820. The lowest BCUT2D eigenvalue weighted by atomic mass is 9.66. The van der Waals surface area contributed by atoms with Crippen LogP contribution < -0.4 is 0 Å². The average molecular weight is 286 g/mol. The molecular formula is C20H30O. The van der Waals surface area contributed by atoms with Gasteiger partial charge >= 0.3 is 0 Å². The van der Waals surface area contributed by atoms with Crippen molar-refractivity contribution in [1.29, 1.82) is 0 Å². The number of hydrogen-bond acceptors (Lipinski definition) is 1. The first-order valence-electron chi connectivity index (χ1n) is 8.67. The molecular weight excluding hydrogens is 256 g/mol. The Labute approximate surface area is 129 Å². The molecule has 3 rings (SSSR count). The Bertz CT molecular complexity index is 476. The molecule has 0 heterocycles. The second-order valence-electron chi connectivity index (χ2n) is 8.57. The molecule has 1 aromatic rings. The minimum Gasteiger partial charge on any atom is -0.385 e. The van der Waals surface area contributed by atoms with E-state index in [4.69, 9.17) is 0 Å². The van der Waals surface area contributed by atoms with Crippen LogP contribution in [-0.4, -0.2) is 5.11 Å². The van der Waals surface area contributed by atoms with Crippen LogP contribution >= 0.6 is 0 Å². The highest BCUT2D eigenvalue weighted by Crippen LogP contribution is 2.53. The molecule has 2 aliphatic carbocycles. The fraction of sp³-hybridized carbons (Fsp3) is 0.700. The van der Waals surface area contributed by atoms with Gasteiger partial charge in [-0.3, -0.25) is 0 Å². The van der Waals surface area contributed by atoms with Crippen LogP contribution in [0.3, 0.4) is 0 Å². The van der Waals surface area contributed by atoms with Crippen LogP contribution in [-0.2, 0) is 11.0 Å². The van der Waals surface area contributed by atoms with Crippen LogP contribution in [0.1, 0.15) is 83.3 Å². The van der Waals surface area contributed by atoms with Gasteiger partial charge < -0.3 is 5.11 Å². The quantitative estimate of drug-likeness (QED) is 0.742. The van der Waals surface area contributed by atoms with Crippen LogP contribution in [0.4, 0.5) is 0 Å². The molecule has 0 bridgehead atoms. The van der Waals surface area contributed by atoms with Crippen molar-refractivity contribution in [3.05, 3.63) is 35.4 Å². The summed E-state index contributed by atoms with van der Waals surface area (Å²) in [7, 11) is 0. The molecule has 1 N–H and O–H groups in total. The van der Waals surface area contributed by atoms with E-state index in [0.29, 0.717) is 5.41 Å². The molecule has 116 valence electrons. The Kier molecular flexibility index (Phi) is 3.68. The Balaban J connectivity index is 1.74. The van der Waals surface area contributed by atoms with Crippen molar-refractivity contribution in [2.24, 2.45) is 5.41 Å². The van der Waals surface area contributed by atoms with E-state index in [1.165, 1.54) is 44.1 Å². The topological polar surface area (TPSA) is 20.2 Å². The normalized spacial score (nSPS) is 24.4. The van der Waals surface area contributed by atoms with Gasteiger partial charge in [-0.15, -0.1) is 0 Å². The highest BCUT2D eigenvalue weighted by atomic mass is 16.3. The van der Waals surface area contributed by atoms with E-state index in [0.717, 1.165) is 18.4 Å². The zero-order chi connectivity index (χ0) is 15.1. The third-order valence-electron chi connectivity index (χ3n) is 6.09. The lowest BCUT2D eigenvalue weighted by Gasteiger charge is -2.42. The van der Waals surface area contributed by atoms with E-state index >= 15 is 0 Å². The molecule has 0 saturated heterocycles. The van der Waals surface area contributed by atoms with Crippen LogP contribution in [0.2, 0.25) is 0 Å². The molecule has 1 heteroatoms. The minimum absolute atomic E-state index is 0.182. The van der Waals surface area contributed by atoms with Crippen molar-refractivity contribution < 1.29 is 5.11 Å². The molecule has 1 nitrogen and oxygen atoms in total. The van der Waals surface area contributed by atoms with Gasteiger partial charge in [0.05, 0.1) is 5.60 Å². The summed E-state index contributed by atoms with van der Waals surface area (Å²) in [6.45, 7) is 6.71. The smallest absolute Gasteiger partial charge is 0.0897 e. The van der Waals surface area contributed by atoms with Gasteiger partial charge in [-0.1, -0.05) is 57.9 Å². The van der Waals surface area contributed by atoms with E-state index in [9.17, 15) is 5.11 Å². The molecule has 0 aliphatic heterocycles. The van der Waals surface area contributed by atoms with E-state index < -0.39 is 5.60 Å². The van der Waals surface area contributed by atoms with Gasteiger partial charge in [-0.2, -0.15) is 0 Å². The molecule has 0 radical (unpaired) electrons. The predicted octanol–water partition coefficient (Wildman–Crippen LogP) is 5.31. The molecule has 0 unspecified atom stereocenters. The number of rotatable bonds is 1. The molecule has 1 aromatic carbocycles. The van der Waals surface area contributed by atoms with Crippen molar-refractivity contribution in [1.82, 2.24) is 0 Å². The SMILES string of the molecule is CC(C)(C)c1ccc(C2(O)CCC3(CCCC3)CC2)cc1. The molecule has 1 spiro atoms. The Morgan fingerprint density at radius 2 is 1.33 bits per heavy atom. The van der Waals surface area contributed by atoms with Crippen molar-refractivity contribution in [2.75, 3.05) is 0 Å². The van der Waals surface area contributed by atoms with Crippen molar-refractivity contribution in [2.45, 2.75) is 83.2 Å². The number of hydrogen-bond donors (Lipinski definition) is 1. The van der Waals surface area contributed by atoms with Crippen LogP contribution in [0.5, 0.6) is 0 Å². The second kappa shape index (κ2) is 5.12. The third kappa shape index (κ3) is 2.90. The third-order valence-corrected chi connectivity index (χ3v) is 6.09. The average Bonchev–Trinajstić information content (AvgIpc) is 2.91. The minimum atomic E-state index is -0.579. The molecule has 2 aliphatic rings. The Morgan fingerprint density at radius 3 is 1.81 bits per heavy atom. The summed E-state index contributed by atoms with van der Waals surface area (Å²) < 4.78 is 0. The van der Waals surface area contributed by atoms with E-state index in [2.05, 4.69) is 45.0 Å². The highest BCUT2D eigenvalue weighted by molar-refractivity contribution is 5.31. The number of benzene rings is 1. The van der Waals surface area contributed by atoms with E-state index in [1.54, 1.807) is 0 Å². The molecule has 0 aromatic heterocycles. The summed E-state index contributed by atoms with van der Waals surface area (Å²) in [5.74, 6) is 0. The second-order valence-corrected chi connectivity index (χ2v) is 8.57. The highest BCUT2D eigenvalue weighted by Gasteiger charge is 2.43. The van der Waals surface area contributed by atoms with Crippen molar-refractivity contribution >= 4 is 0 Å². The zero-order valence-electron chi connectivity index (χ0n) is 13.9. The molecule has 0 atom stereocenters. The lowest BCUT2D eigenvalue weighted by molar-refractivity contribution is -0.0376.